The van der Waals surface area contributed by atoms with E-state index in [0.29, 0.717) is 22.9 Å². The second-order valence-electron chi connectivity index (χ2n) is 6.02. The van der Waals surface area contributed by atoms with Crippen molar-refractivity contribution >= 4 is 28.6 Å². The molecule has 0 aliphatic rings. The van der Waals surface area contributed by atoms with E-state index < -0.39 is 0 Å². The van der Waals surface area contributed by atoms with Crippen molar-refractivity contribution in [3.8, 4) is 0 Å². The van der Waals surface area contributed by atoms with Gasteiger partial charge in [0.1, 0.15) is 0 Å². The van der Waals surface area contributed by atoms with Gasteiger partial charge in [0.05, 0.1) is 17.1 Å². The second kappa shape index (κ2) is 6.02. The largest absolute Gasteiger partial charge is 0.369 e. The maximum Gasteiger partial charge on any atom is 0.201 e. The lowest BCUT2D eigenvalue weighted by molar-refractivity contribution is 0.294. The number of anilines is 1. The molecule has 0 bridgehead atoms. The van der Waals surface area contributed by atoms with Crippen molar-refractivity contribution in [2.75, 3.05) is 26.4 Å². The SMILES string of the molecule is CC(C)CC(CN(C)C)n1c(N)nc2ccc(Cl)cc21. The van der Waals surface area contributed by atoms with E-state index >= 15 is 0 Å². The summed E-state index contributed by atoms with van der Waals surface area (Å²) in [5.74, 6) is 1.16. The number of nitrogen functional groups attached to an aromatic ring is 1. The van der Waals surface area contributed by atoms with Gasteiger partial charge < -0.3 is 15.2 Å². The lowest BCUT2D eigenvalue weighted by Gasteiger charge is -2.25. The van der Waals surface area contributed by atoms with Crippen molar-refractivity contribution in [3.05, 3.63) is 23.2 Å². The predicted octanol–water partition coefficient (Wildman–Crippen LogP) is 3.42. The molecule has 0 radical (unpaired) electrons. The Morgan fingerprint density at radius 1 is 1.35 bits per heavy atom. The number of likely N-dealkylation sites (N-methyl/N-ethyl adjacent to an activating group) is 1. The summed E-state index contributed by atoms with van der Waals surface area (Å²) in [5, 5.41) is 0.715. The van der Waals surface area contributed by atoms with Crippen molar-refractivity contribution in [2.45, 2.75) is 26.3 Å². The number of nitrogens with zero attached hydrogens (tertiary/aromatic N) is 3. The van der Waals surface area contributed by atoms with Crippen molar-refractivity contribution < 1.29 is 0 Å². The normalized spacial score (nSPS) is 13.6. The smallest absolute Gasteiger partial charge is 0.201 e. The number of hydrogen-bond acceptors (Lipinski definition) is 3. The van der Waals surface area contributed by atoms with Crippen LogP contribution in [0.3, 0.4) is 0 Å². The van der Waals surface area contributed by atoms with Gasteiger partial charge in [0.25, 0.3) is 0 Å². The quantitative estimate of drug-likeness (QED) is 0.919. The fourth-order valence-electron chi connectivity index (χ4n) is 2.70. The molecule has 2 N–H and O–H groups in total. The van der Waals surface area contributed by atoms with Gasteiger partial charge in [-0.1, -0.05) is 25.4 Å². The topological polar surface area (TPSA) is 47.1 Å². The van der Waals surface area contributed by atoms with Crippen molar-refractivity contribution in [1.29, 1.82) is 0 Å². The van der Waals surface area contributed by atoms with Gasteiger partial charge >= 0.3 is 0 Å². The summed E-state index contributed by atoms with van der Waals surface area (Å²) in [6.07, 6.45) is 1.06. The number of rotatable bonds is 5. The maximum atomic E-state index is 6.15. The zero-order valence-electron chi connectivity index (χ0n) is 12.6. The molecule has 1 aromatic carbocycles. The molecule has 20 heavy (non-hydrogen) atoms. The summed E-state index contributed by atoms with van der Waals surface area (Å²) in [4.78, 5) is 6.64. The van der Waals surface area contributed by atoms with Gasteiger partial charge in [-0.05, 0) is 44.6 Å². The molecule has 1 unspecified atom stereocenters. The number of nitrogens with two attached hydrogens (primary N) is 1. The summed E-state index contributed by atoms with van der Waals surface area (Å²) in [5.41, 5.74) is 8.06. The molecule has 0 spiro atoms. The Kier molecular flexibility index (Phi) is 4.55. The number of hydrogen-bond donors (Lipinski definition) is 1. The molecule has 0 saturated heterocycles. The highest BCUT2D eigenvalue weighted by Crippen LogP contribution is 2.29. The predicted molar refractivity (Wildman–Crippen MR) is 86.2 cm³/mol. The molecule has 2 rings (SSSR count). The van der Waals surface area contributed by atoms with Gasteiger partial charge in [0.15, 0.2) is 0 Å². The Balaban J connectivity index is 2.50. The van der Waals surface area contributed by atoms with Crippen LogP contribution in [0.4, 0.5) is 5.95 Å². The molecule has 0 aliphatic carbocycles. The lowest BCUT2D eigenvalue weighted by Crippen LogP contribution is -2.26. The van der Waals surface area contributed by atoms with Gasteiger partial charge in [-0.2, -0.15) is 0 Å². The van der Waals surface area contributed by atoms with E-state index in [1.807, 2.05) is 18.2 Å². The Morgan fingerprint density at radius 3 is 2.65 bits per heavy atom. The Labute approximate surface area is 125 Å². The fraction of sp³-hybridized carbons (Fsp3) is 0.533. The first-order valence-electron chi connectivity index (χ1n) is 6.96. The molecule has 110 valence electrons. The first-order valence-corrected chi connectivity index (χ1v) is 7.34. The Bertz CT molecular complexity index is 579. The van der Waals surface area contributed by atoms with E-state index in [9.17, 15) is 0 Å². The molecular weight excluding hydrogens is 272 g/mol. The van der Waals surface area contributed by atoms with Gasteiger partial charge in [-0.15, -0.1) is 0 Å². The summed E-state index contributed by atoms with van der Waals surface area (Å²) in [7, 11) is 4.16. The maximum absolute atomic E-state index is 6.15. The van der Waals surface area contributed by atoms with E-state index in [2.05, 4.69) is 42.4 Å². The van der Waals surface area contributed by atoms with Crippen LogP contribution < -0.4 is 5.73 Å². The molecule has 1 aromatic heterocycles. The minimum absolute atomic E-state index is 0.300. The van der Waals surface area contributed by atoms with Crippen LogP contribution in [0.1, 0.15) is 26.3 Å². The molecule has 0 fully saturated rings. The molecule has 1 atom stereocenters. The van der Waals surface area contributed by atoms with Gasteiger partial charge in [-0.3, -0.25) is 0 Å². The average Bonchev–Trinajstić information content (AvgIpc) is 2.62. The Hall–Kier alpha value is -1.26. The van der Waals surface area contributed by atoms with E-state index in [-0.39, 0.29) is 0 Å². The number of fused-ring (bicyclic) bond motifs is 1. The van der Waals surface area contributed by atoms with Crippen molar-refractivity contribution in [2.24, 2.45) is 5.92 Å². The highest BCUT2D eigenvalue weighted by Gasteiger charge is 2.20. The number of aromatic nitrogens is 2. The zero-order chi connectivity index (χ0) is 14.9. The highest BCUT2D eigenvalue weighted by molar-refractivity contribution is 6.31. The average molecular weight is 295 g/mol. The third kappa shape index (κ3) is 3.25. The van der Waals surface area contributed by atoms with Gasteiger partial charge in [-0.25, -0.2) is 4.98 Å². The molecule has 4 nitrogen and oxygen atoms in total. The molecule has 1 heterocycles. The van der Waals surface area contributed by atoms with E-state index in [1.54, 1.807) is 0 Å². The van der Waals surface area contributed by atoms with E-state index in [0.717, 1.165) is 24.0 Å². The van der Waals surface area contributed by atoms with Crippen LogP contribution in [0.2, 0.25) is 5.02 Å². The van der Waals surface area contributed by atoms with Gasteiger partial charge in [0, 0.05) is 11.6 Å². The number of benzene rings is 1. The van der Waals surface area contributed by atoms with Crippen molar-refractivity contribution in [3.63, 3.8) is 0 Å². The standard InChI is InChI=1S/C15H23ClN4/c1-10(2)7-12(9-19(3)4)20-14-8-11(16)5-6-13(14)18-15(20)17/h5-6,8,10,12H,7,9H2,1-4H3,(H2,17,18). The Morgan fingerprint density at radius 2 is 2.05 bits per heavy atom. The minimum Gasteiger partial charge on any atom is -0.369 e. The molecule has 0 saturated carbocycles. The van der Waals surface area contributed by atoms with Crippen LogP contribution in [0.25, 0.3) is 11.0 Å². The van der Waals surface area contributed by atoms with Crippen LogP contribution in [-0.2, 0) is 0 Å². The van der Waals surface area contributed by atoms with Crippen LogP contribution >= 0.6 is 11.6 Å². The lowest BCUT2D eigenvalue weighted by atomic mass is 10.0. The summed E-state index contributed by atoms with van der Waals surface area (Å²) < 4.78 is 2.13. The minimum atomic E-state index is 0.300. The van der Waals surface area contributed by atoms with E-state index in [4.69, 9.17) is 17.3 Å². The van der Waals surface area contributed by atoms with Crippen LogP contribution in [0.15, 0.2) is 18.2 Å². The fourth-order valence-corrected chi connectivity index (χ4v) is 2.86. The molecule has 0 amide bonds. The monoisotopic (exact) mass is 294 g/mol. The number of halogens is 1. The van der Waals surface area contributed by atoms with Crippen LogP contribution in [-0.4, -0.2) is 35.1 Å². The summed E-state index contributed by atoms with van der Waals surface area (Å²) >= 11 is 6.12. The van der Waals surface area contributed by atoms with Crippen LogP contribution in [0, 0.1) is 5.92 Å². The summed E-state index contributed by atoms with van der Waals surface area (Å²) in [6.45, 7) is 5.39. The molecule has 5 heteroatoms. The zero-order valence-corrected chi connectivity index (χ0v) is 13.4. The molecule has 2 aromatic rings. The number of imidazole rings is 1. The first kappa shape index (κ1) is 15.1. The highest BCUT2D eigenvalue weighted by atomic mass is 35.5. The molecular formula is C15H23ClN4. The van der Waals surface area contributed by atoms with E-state index in [1.165, 1.54) is 0 Å². The first-order chi connectivity index (χ1) is 9.38. The third-order valence-corrected chi connectivity index (χ3v) is 3.60. The molecule has 0 aliphatic heterocycles. The van der Waals surface area contributed by atoms with Crippen LogP contribution in [0.5, 0.6) is 0 Å². The summed E-state index contributed by atoms with van der Waals surface area (Å²) in [6, 6.07) is 6.02. The second-order valence-corrected chi connectivity index (χ2v) is 6.46. The third-order valence-electron chi connectivity index (χ3n) is 3.36. The van der Waals surface area contributed by atoms with Crippen molar-refractivity contribution in [1.82, 2.24) is 14.5 Å². The van der Waals surface area contributed by atoms with Gasteiger partial charge in [0.2, 0.25) is 5.95 Å².